The maximum Gasteiger partial charge on any atom is 0.223 e. The first kappa shape index (κ1) is 18.7. The van der Waals surface area contributed by atoms with Crippen molar-refractivity contribution >= 4 is 30.1 Å². The smallest absolute Gasteiger partial charge is 0.223 e. The van der Waals surface area contributed by atoms with Crippen molar-refractivity contribution in [2.24, 2.45) is 0 Å². The van der Waals surface area contributed by atoms with E-state index in [0.717, 1.165) is 48.1 Å². The van der Waals surface area contributed by atoms with Gasteiger partial charge in [0.1, 0.15) is 13.2 Å². The highest BCUT2D eigenvalue weighted by atomic mass is 35.5. The number of hydrogen-bond acceptors (Lipinski definition) is 5. The lowest BCUT2D eigenvalue weighted by Crippen LogP contribution is -2.42. The molecule has 3 aliphatic rings. The van der Waals surface area contributed by atoms with Gasteiger partial charge in [-0.15, -0.1) is 24.2 Å². The summed E-state index contributed by atoms with van der Waals surface area (Å²) in [5.41, 5.74) is 0. The quantitative estimate of drug-likeness (QED) is 0.809. The first-order valence-corrected chi connectivity index (χ1v) is 9.84. The Morgan fingerprint density at radius 2 is 1.96 bits per heavy atom. The van der Waals surface area contributed by atoms with Gasteiger partial charge in [0.05, 0.1) is 0 Å². The zero-order chi connectivity index (χ0) is 16.4. The Hall–Kier alpha value is -1.11. The van der Waals surface area contributed by atoms with Crippen molar-refractivity contribution in [3.05, 3.63) is 18.2 Å². The number of nitrogens with zero attached hydrogens (tertiary/aromatic N) is 1. The summed E-state index contributed by atoms with van der Waals surface area (Å²) in [6.07, 6.45) is 4.02. The van der Waals surface area contributed by atoms with Crippen LogP contribution in [0.3, 0.4) is 0 Å². The highest BCUT2D eigenvalue weighted by molar-refractivity contribution is 7.99. The van der Waals surface area contributed by atoms with Gasteiger partial charge in [0, 0.05) is 35.7 Å². The minimum absolute atomic E-state index is 0. The van der Waals surface area contributed by atoms with Crippen molar-refractivity contribution in [1.29, 1.82) is 0 Å². The van der Waals surface area contributed by atoms with Crippen LogP contribution in [0.1, 0.15) is 25.7 Å². The molecule has 1 N–H and O–H groups in total. The second kappa shape index (κ2) is 8.52. The molecule has 1 amide bonds. The molecule has 7 heteroatoms. The molecular formula is C18H25ClN2O3S. The van der Waals surface area contributed by atoms with Gasteiger partial charge in [-0.2, -0.15) is 0 Å². The van der Waals surface area contributed by atoms with Crippen molar-refractivity contribution < 1.29 is 14.3 Å². The summed E-state index contributed by atoms with van der Waals surface area (Å²) in [4.78, 5) is 16.0. The van der Waals surface area contributed by atoms with Crippen molar-refractivity contribution in [2.75, 3.05) is 32.1 Å². The highest BCUT2D eigenvalue weighted by Gasteiger charge is 2.37. The molecule has 2 bridgehead atoms. The minimum atomic E-state index is 0. The van der Waals surface area contributed by atoms with Crippen LogP contribution in [0.5, 0.6) is 11.5 Å². The van der Waals surface area contributed by atoms with E-state index < -0.39 is 0 Å². The molecule has 138 valence electrons. The van der Waals surface area contributed by atoms with Crippen molar-refractivity contribution in [3.8, 4) is 11.5 Å². The van der Waals surface area contributed by atoms with Gasteiger partial charge in [-0.1, -0.05) is 0 Å². The van der Waals surface area contributed by atoms with E-state index in [4.69, 9.17) is 9.47 Å². The number of hydrogen-bond donors (Lipinski definition) is 1. The third kappa shape index (κ3) is 4.18. The van der Waals surface area contributed by atoms with Gasteiger partial charge < -0.3 is 19.7 Å². The van der Waals surface area contributed by atoms with Gasteiger partial charge in [0.15, 0.2) is 11.5 Å². The first-order valence-electron chi connectivity index (χ1n) is 8.85. The highest BCUT2D eigenvalue weighted by Crippen LogP contribution is 2.35. The largest absolute Gasteiger partial charge is 0.486 e. The summed E-state index contributed by atoms with van der Waals surface area (Å²) in [6.45, 7) is 3.21. The molecule has 0 aromatic heterocycles. The van der Waals surface area contributed by atoms with E-state index >= 15 is 0 Å². The van der Waals surface area contributed by atoms with Gasteiger partial charge in [-0.05, 0) is 44.0 Å². The molecule has 2 atom stereocenters. The fourth-order valence-electron chi connectivity index (χ4n) is 3.89. The molecule has 2 saturated heterocycles. The molecule has 0 aliphatic carbocycles. The number of rotatable bonds is 4. The van der Waals surface area contributed by atoms with Crippen LogP contribution in [0, 0.1) is 0 Å². The Labute approximate surface area is 159 Å². The number of thioether (sulfide) groups is 1. The fourth-order valence-corrected chi connectivity index (χ4v) is 4.76. The number of ether oxygens (including phenoxy) is 2. The summed E-state index contributed by atoms with van der Waals surface area (Å²) in [7, 11) is 0. The molecular weight excluding hydrogens is 360 g/mol. The molecule has 1 aromatic rings. The standard InChI is InChI=1S/C18H24N2O3S.ClH/c21-18(20-13-1-2-14(20)12-19-7-5-13)6-10-24-15-3-4-16-17(11-15)23-9-8-22-16;/h3-4,11,13-14,19H,1-2,5-10,12H2;1H. The van der Waals surface area contributed by atoms with Crippen molar-refractivity contribution in [2.45, 2.75) is 42.7 Å². The SMILES string of the molecule is Cl.O=C(CCSc1ccc2c(c1)OCCO2)N1C2CCNCC1CC2. The molecule has 0 radical (unpaired) electrons. The zero-order valence-corrected chi connectivity index (χ0v) is 15.9. The lowest BCUT2D eigenvalue weighted by Gasteiger charge is -2.28. The van der Waals surface area contributed by atoms with Gasteiger partial charge in [0.25, 0.3) is 0 Å². The average Bonchev–Trinajstić information content (AvgIpc) is 2.87. The van der Waals surface area contributed by atoms with E-state index in [1.807, 2.05) is 18.2 Å². The van der Waals surface area contributed by atoms with Crippen LogP contribution in [-0.4, -0.2) is 54.9 Å². The van der Waals surface area contributed by atoms with Gasteiger partial charge in [-0.25, -0.2) is 0 Å². The summed E-state index contributed by atoms with van der Waals surface area (Å²) in [6, 6.07) is 6.88. The topological polar surface area (TPSA) is 50.8 Å². The predicted molar refractivity (Wildman–Crippen MR) is 101 cm³/mol. The van der Waals surface area contributed by atoms with E-state index in [9.17, 15) is 4.79 Å². The number of amides is 1. The van der Waals surface area contributed by atoms with Gasteiger partial charge >= 0.3 is 0 Å². The third-order valence-corrected chi connectivity index (χ3v) is 6.04. The second-order valence-electron chi connectivity index (χ2n) is 6.58. The molecule has 0 saturated carbocycles. The summed E-state index contributed by atoms with van der Waals surface area (Å²) >= 11 is 1.71. The van der Waals surface area contributed by atoms with Crippen LogP contribution < -0.4 is 14.8 Å². The van der Waals surface area contributed by atoms with Crippen molar-refractivity contribution in [3.63, 3.8) is 0 Å². The first-order chi connectivity index (χ1) is 11.8. The lowest BCUT2D eigenvalue weighted by atomic mass is 10.1. The van der Waals surface area contributed by atoms with Crippen LogP contribution in [0.2, 0.25) is 0 Å². The Balaban J connectivity index is 0.00000182. The monoisotopic (exact) mass is 384 g/mol. The van der Waals surface area contributed by atoms with E-state index in [0.29, 0.717) is 37.6 Å². The number of nitrogens with one attached hydrogen (secondary N) is 1. The number of benzene rings is 1. The number of halogens is 1. The molecule has 1 aromatic carbocycles. The van der Waals surface area contributed by atoms with Crippen molar-refractivity contribution in [1.82, 2.24) is 10.2 Å². The van der Waals surface area contributed by atoms with Gasteiger partial charge in [0.2, 0.25) is 5.91 Å². The van der Waals surface area contributed by atoms with E-state index in [2.05, 4.69) is 10.2 Å². The third-order valence-electron chi connectivity index (χ3n) is 5.04. The summed E-state index contributed by atoms with van der Waals surface area (Å²) in [5, 5.41) is 3.45. The molecule has 3 aliphatic heterocycles. The number of carbonyl (C=O) groups excluding carboxylic acids is 1. The second-order valence-corrected chi connectivity index (χ2v) is 7.75. The Morgan fingerprint density at radius 1 is 1.16 bits per heavy atom. The van der Waals surface area contributed by atoms with E-state index in [1.54, 1.807) is 11.8 Å². The molecule has 0 spiro atoms. The number of fused-ring (bicyclic) bond motifs is 3. The molecule has 2 fully saturated rings. The van der Waals surface area contributed by atoms with E-state index in [-0.39, 0.29) is 12.4 Å². The molecule has 2 unspecified atom stereocenters. The Kier molecular flexibility index (Phi) is 6.36. The maximum absolute atomic E-state index is 12.7. The average molecular weight is 385 g/mol. The normalized spacial score (nSPS) is 24.4. The van der Waals surface area contributed by atoms with E-state index in [1.165, 1.54) is 6.42 Å². The van der Waals surface area contributed by atoms with Crippen LogP contribution >= 0.6 is 24.2 Å². The van der Waals surface area contributed by atoms with Crippen LogP contribution in [0.25, 0.3) is 0 Å². The summed E-state index contributed by atoms with van der Waals surface area (Å²) in [5.74, 6) is 2.75. The molecule has 3 heterocycles. The molecule has 5 nitrogen and oxygen atoms in total. The fraction of sp³-hybridized carbons (Fsp3) is 0.611. The maximum atomic E-state index is 12.7. The lowest BCUT2D eigenvalue weighted by molar-refractivity contribution is -0.133. The molecule has 4 rings (SSSR count). The van der Waals surface area contributed by atoms with Crippen LogP contribution in [0.15, 0.2) is 23.1 Å². The zero-order valence-electron chi connectivity index (χ0n) is 14.2. The Bertz CT molecular complexity index is 602. The number of carbonyl (C=O) groups is 1. The minimum Gasteiger partial charge on any atom is -0.486 e. The Morgan fingerprint density at radius 3 is 2.84 bits per heavy atom. The molecule has 25 heavy (non-hydrogen) atoms. The predicted octanol–water partition coefficient (Wildman–Crippen LogP) is 2.71. The van der Waals surface area contributed by atoms with Crippen LogP contribution in [0.4, 0.5) is 0 Å². The van der Waals surface area contributed by atoms with Crippen LogP contribution in [-0.2, 0) is 4.79 Å². The van der Waals surface area contributed by atoms with Gasteiger partial charge in [-0.3, -0.25) is 4.79 Å². The summed E-state index contributed by atoms with van der Waals surface area (Å²) < 4.78 is 11.2.